The molecule has 1 aromatic carbocycles. The number of amides is 1. The highest BCUT2D eigenvalue weighted by Gasteiger charge is 2.32. The highest BCUT2D eigenvalue weighted by Crippen LogP contribution is 2.38. The van der Waals surface area contributed by atoms with Crippen LogP contribution in [0.3, 0.4) is 0 Å². The number of aromatic hydroxyl groups is 1. The number of phenols is 1. The lowest BCUT2D eigenvalue weighted by molar-refractivity contribution is -0.120. The maximum atomic E-state index is 14.1. The molecule has 202 valence electrons. The zero-order valence-corrected chi connectivity index (χ0v) is 22.7. The van der Waals surface area contributed by atoms with Crippen molar-refractivity contribution in [1.82, 2.24) is 9.97 Å². The molecule has 38 heavy (non-hydrogen) atoms. The SMILES string of the molecule is CCCCOCCOc1ccc(CN(C(=O)C2CCCc3c(O)cccc32)c2ccc(C(C)C)nc2)cn1. The number of pyridine rings is 2. The van der Waals surface area contributed by atoms with E-state index >= 15 is 0 Å². The number of unbranched alkanes of at least 4 members (excludes halogenated alkanes) is 1. The highest BCUT2D eigenvalue weighted by atomic mass is 16.5. The molecule has 1 atom stereocenters. The minimum atomic E-state index is -0.320. The first-order chi connectivity index (χ1) is 18.5. The van der Waals surface area contributed by atoms with E-state index in [-0.39, 0.29) is 17.6 Å². The minimum absolute atomic E-state index is 0.000187. The summed E-state index contributed by atoms with van der Waals surface area (Å²) < 4.78 is 11.3. The number of carbonyl (C=O) groups excluding carboxylic acids is 1. The summed E-state index contributed by atoms with van der Waals surface area (Å²) >= 11 is 0. The summed E-state index contributed by atoms with van der Waals surface area (Å²) in [5.41, 5.74) is 4.42. The molecule has 0 fully saturated rings. The summed E-state index contributed by atoms with van der Waals surface area (Å²) in [6.07, 6.45) is 8.07. The van der Waals surface area contributed by atoms with Gasteiger partial charge in [0, 0.05) is 24.6 Å². The van der Waals surface area contributed by atoms with Gasteiger partial charge >= 0.3 is 0 Å². The van der Waals surface area contributed by atoms with E-state index < -0.39 is 0 Å². The first kappa shape index (κ1) is 27.6. The van der Waals surface area contributed by atoms with Gasteiger partial charge in [-0.1, -0.05) is 45.4 Å². The number of fused-ring (bicyclic) bond motifs is 1. The van der Waals surface area contributed by atoms with Crippen molar-refractivity contribution in [3.8, 4) is 11.6 Å². The van der Waals surface area contributed by atoms with Crippen LogP contribution in [0.25, 0.3) is 0 Å². The number of nitrogens with zero attached hydrogens (tertiary/aromatic N) is 3. The Balaban J connectivity index is 1.52. The fourth-order valence-corrected chi connectivity index (χ4v) is 4.80. The Hall–Kier alpha value is -3.45. The van der Waals surface area contributed by atoms with Crippen molar-refractivity contribution < 1.29 is 19.4 Å². The van der Waals surface area contributed by atoms with E-state index in [0.717, 1.165) is 66.8 Å². The smallest absolute Gasteiger partial charge is 0.234 e. The molecule has 0 spiro atoms. The van der Waals surface area contributed by atoms with Crippen LogP contribution < -0.4 is 9.64 Å². The Morgan fingerprint density at radius 2 is 1.95 bits per heavy atom. The first-order valence-corrected chi connectivity index (χ1v) is 13.7. The number of carbonyl (C=O) groups is 1. The quantitative estimate of drug-likeness (QED) is 0.290. The van der Waals surface area contributed by atoms with Gasteiger partial charge in [0.15, 0.2) is 0 Å². The van der Waals surface area contributed by atoms with Crippen molar-refractivity contribution in [1.29, 1.82) is 0 Å². The molecule has 2 aromatic heterocycles. The van der Waals surface area contributed by atoms with Gasteiger partial charge in [-0.05, 0) is 66.5 Å². The molecular formula is C31H39N3O4. The van der Waals surface area contributed by atoms with Gasteiger partial charge in [0.05, 0.1) is 31.0 Å². The van der Waals surface area contributed by atoms with E-state index in [1.165, 1.54) is 0 Å². The molecule has 3 aromatic rings. The van der Waals surface area contributed by atoms with Crippen LogP contribution in [0.5, 0.6) is 11.6 Å². The zero-order valence-electron chi connectivity index (χ0n) is 22.7. The molecule has 0 aliphatic heterocycles. The van der Waals surface area contributed by atoms with Gasteiger partial charge in [-0.2, -0.15) is 0 Å². The molecule has 1 amide bonds. The van der Waals surface area contributed by atoms with E-state index in [4.69, 9.17) is 9.47 Å². The Labute approximate surface area is 225 Å². The number of phenolic OH excluding ortho intramolecular Hbond substituents is 1. The van der Waals surface area contributed by atoms with E-state index in [2.05, 4.69) is 30.7 Å². The van der Waals surface area contributed by atoms with Crippen LogP contribution in [-0.2, 0) is 22.5 Å². The number of rotatable bonds is 12. The average molecular weight is 518 g/mol. The summed E-state index contributed by atoms with van der Waals surface area (Å²) in [6.45, 7) is 8.42. The Bertz CT molecular complexity index is 1180. The van der Waals surface area contributed by atoms with Crippen LogP contribution in [0.2, 0.25) is 0 Å². The largest absolute Gasteiger partial charge is 0.508 e. The van der Waals surface area contributed by atoms with Gasteiger partial charge in [0.2, 0.25) is 11.8 Å². The summed E-state index contributed by atoms with van der Waals surface area (Å²) in [5.74, 6) is 0.782. The number of benzene rings is 1. The fourth-order valence-electron chi connectivity index (χ4n) is 4.80. The van der Waals surface area contributed by atoms with Crippen molar-refractivity contribution in [3.05, 3.63) is 77.2 Å². The molecule has 1 aliphatic rings. The molecule has 1 N–H and O–H groups in total. The van der Waals surface area contributed by atoms with Crippen LogP contribution in [-0.4, -0.2) is 40.8 Å². The van der Waals surface area contributed by atoms with Gasteiger partial charge in [0.1, 0.15) is 12.4 Å². The molecule has 7 nitrogen and oxygen atoms in total. The van der Waals surface area contributed by atoms with Gasteiger partial charge in [-0.25, -0.2) is 4.98 Å². The average Bonchev–Trinajstić information content (AvgIpc) is 2.94. The maximum absolute atomic E-state index is 14.1. The predicted molar refractivity (Wildman–Crippen MR) is 149 cm³/mol. The molecule has 0 bridgehead atoms. The Morgan fingerprint density at radius 1 is 1.08 bits per heavy atom. The maximum Gasteiger partial charge on any atom is 0.234 e. The molecule has 4 rings (SSSR count). The Morgan fingerprint density at radius 3 is 2.66 bits per heavy atom. The van der Waals surface area contributed by atoms with E-state index in [9.17, 15) is 9.90 Å². The van der Waals surface area contributed by atoms with Crippen LogP contribution in [0.15, 0.2) is 54.9 Å². The molecular weight excluding hydrogens is 478 g/mol. The summed E-state index contributed by atoms with van der Waals surface area (Å²) in [7, 11) is 0. The van der Waals surface area contributed by atoms with Crippen LogP contribution >= 0.6 is 0 Å². The molecule has 1 aliphatic carbocycles. The lowest BCUT2D eigenvalue weighted by Gasteiger charge is -2.31. The Kier molecular flexibility index (Phi) is 9.71. The minimum Gasteiger partial charge on any atom is -0.508 e. The molecule has 0 radical (unpaired) electrons. The second kappa shape index (κ2) is 13.4. The molecule has 2 heterocycles. The lowest BCUT2D eigenvalue weighted by atomic mass is 9.81. The van der Waals surface area contributed by atoms with Crippen molar-refractivity contribution in [2.24, 2.45) is 0 Å². The van der Waals surface area contributed by atoms with Crippen LogP contribution in [0.1, 0.15) is 80.7 Å². The number of aromatic nitrogens is 2. The second-order valence-corrected chi connectivity index (χ2v) is 10.1. The summed E-state index contributed by atoms with van der Waals surface area (Å²) in [6, 6.07) is 13.2. The molecule has 0 saturated heterocycles. The van der Waals surface area contributed by atoms with E-state index in [1.807, 2.05) is 36.4 Å². The molecule has 0 saturated carbocycles. The topological polar surface area (TPSA) is 84.8 Å². The van der Waals surface area contributed by atoms with Crippen LogP contribution in [0.4, 0.5) is 5.69 Å². The number of hydrogen-bond donors (Lipinski definition) is 1. The highest BCUT2D eigenvalue weighted by molar-refractivity contribution is 5.98. The van der Waals surface area contributed by atoms with Crippen molar-refractivity contribution in [3.63, 3.8) is 0 Å². The third-order valence-corrected chi connectivity index (χ3v) is 6.98. The standard InChI is InChI=1S/C31H39N3O4/c1-4-5-16-37-17-18-38-30-15-12-23(19-33-30)21-34(24-13-14-28(22(2)3)32-20-24)31(36)27-10-6-9-26-25(27)8-7-11-29(26)35/h7-8,11-15,19-20,22,27,35H,4-6,9-10,16-18,21H2,1-3H3. The number of hydrogen-bond acceptors (Lipinski definition) is 6. The summed E-state index contributed by atoms with van der Waals surface area (Å²) in [5, 5.41) is 10.4. The van der Waals surface area contributed by atoms with Gasteiger partial charge in [-0.15, -0.1) is 0 Å². The normalized spacial score (nSPS) is 14.8. The summed E-state index contributed by atoms with van der Waals surface area (Å²) in [4.78, 5) is 24.9. The van der Waals surface area contributed by atoms with E-state index in [1.54, 1.807) is 23.4 Å². The third kappa shape index (κ3) is 6.90. The van der Waals surface area contributed by atoms with Gasteiger partial charge < -0.3 is 19.5 Å². The third-order valence-electron chi connectivity index (χ3n) is 6.98. The van der Waals surface area contributed by atoms with Crippen molar-refractivity contribution >= 4 is 11.6 Å². The predicted octanol–water partition coefficient (Wildman–Crippen LogP) is 6.15. The van der Waals surface area contributed by atoms with Crippen molar-refractivity contribution in [2.75, 3.05) is 24.7 Å². The lowest BCUT2D eigenvalue weighted by Crippen LogP contribution is -2.36. The van der Waals surface area contributed by atoms with Gasteiger partial charge in [0.25, 0.3) is 0 Å². The zero-order chi connectivity index (χ0) is 26.9. The fraction of sp³-hybridized carbons (Fsp3) is 0.452. The number of anilines is 1. The van der Waals surface area contributed by atoms with E-state index in [0.29, 0.717) is 31.6 Å². The second-order valence-electron chi connectivity index (χ2n) is 10.1. The molecule has 7 heteroatoms. The van der Waals surface area contributed by atoms with Crippen LogP contribution in [0, 0.1) is 0 Å². The van der Waals surface area contributed by atoms with Gasteiger partial charge in [-0.3, -0.25) is 9.78 Å². The number of ether oxygens (including phenoxy) is 2. The monoisotopic (exact) mass is 517 g/mol. The first-order valence-electron chi connectivity index (χ1n) is 13.7. The van der Waals surface area contributed by atoms with Crippen molar-refractivity contribution in [2.45, 2.75) is 71.3 Å². The molecule has 1 unspecified atom stereocenters.